The Balaban J connectivity index is 3.48. The van der Waals surface area contributed by atoms with E-state index in [-0.39, 0.29) is 0 Å². The lowest BCUT2D eigenvalue weighted by Gasteiger charge is -2.19. The summed E-state index contributed by atoms with van der Waals surface area (Å²) in [5.41, 5.74) is 0. The van der Waals surface area contributed by atoms with E-state index in [1.807, 2.05) is 7.05 Å². The lowest BCUT2D eigenvalue weighted by atomic mass is 10.2. The number of nitriles is 1. The summed E-state index contributed by atoms with van der Waals surface area (Å²) in [5, 5.41) is 8.30. The van der Waals surface area contributed by atoms with Crippen LogP contribution in [-0.4, -0.2) is 24.5 Å². The van der Waals surface area contributed by atoms with E-state index in [2.05, 4.69) is 24.8 Å². The summed E-state index contributed by atoms with van der Waals surface area (Å²) in [6, 6.07) is 2.54. The molecule has 0 aromatic rings. The quantitative estimate of drug-likeness (QED) is 0.569. The summed E-state index contributed by atoms with van der Waals surface area (Å²) in [5.74, 6) is 0. The Morgan fingerprint density at radius 2 is 2.22 bits per heavy atom. The lowest BCUT2D eigenvalue weighted by molar-refractivity contribution is 0.274. The molecule has 0 N–H and O–H groups in total. The van der Waals surface area contributed by atoms with Gasteiger partial charge < -0.3 is 4.90 Å². The van der Waals surface area contributed by atoms with Crippen LogP contribution in [0.1, 0.15) is 20.3 Å². The zero-order valence-corrected chi connectivity index (χ0v) is 6.39. The van der Waals surface area contributed by atoms with Gasteiger partial charge in [-0.1, -0.05) is 6.92 Å². The summed E-state index contributed by atoms with van der Waals surface area (Å²) in [7, 11) is 2.03. The highest BCUT2D eigenvalue weighted by Gasteiger charge is 2.04. The summed E-state index contributed by atoms with van der Waals surface area (Å²) < 4.78 is 0. The summed E-state index contributed by atoms with van der Waals surface area (Å²) in [4.78, 5) is 2.16. The van der Waals surface area contributed by atoms with Crippen molar-refractivity contribution in [3.63, 3.8) is 0 Å². The van der Waals surface area contributed by atoms with Crippen LogP contribution >= 0.6 is 0 Å². The van der Waals surface area contributed by atoms with Crippen molar-refractivity contribution in [2.24, 2.45) is 0 Å². The molecule has 9 heavy (non-hydrogen) atoms. The van der Waals surface area contributed by atoms with Crippen molar-refractivity contribution in [2.45, 2.75) is 26.3 Å². The fourth-order valence-electron chi connectivity index (χ4n) is 0.600. The first-order chi connectivity index (χ1) is 4.22. The van der Waals surface area contributed by atoms with Crippen LogP contribution in [0.15, 0.2) is 0 Å². The number of hydrogen-bond acceptors (Lipinski definition) is 2. The van der Waals surface area contributed by atoms with Crippen LogP contribution in [-0.2, 0) is 0 Å². The fraction of sp³-hybridized carbons (Fsp3) is 0.857. The van der Waals surface area contributed by atoms with Crippen molar-refractivity contribution in [1.29, 1.82) is 5.26 Å². The molecule has 1 unspecified atom stereocenters. The van der Waals surface area contributed by atoms with Gasteiger partial charge in [-0.15, -0.1) is 0 Å². The van der Waals surface area contributed by atoms with E-state index in [9.17, 15) is 0 Å². The lowest BCUT2D eigenvalue weighted by Crippen LogP contribution is -2.28. The molecule has 0 saturated heterocycles. The first-order valence-corrected chi connectivity index (χ1v) is 3.29. The molecule has 0 saturated carbocycles. The Morgan fingerprint density at radius 3 is 2.56 bits per heavy atom. The van der Waals surface area contributed by atoms with Crippen LogP contribution in [0.25, 0.3) is 0 Å². The zero-order chi connectivity index (χ0) is 7.28. The predicted octanol–water partition coefficient (Wildman–Crippen LogP) is 1.24. The average molecular weight is 126 g/mol. The van der Waals surface area contributed by atoms with Gasteiger partial charge in [0.05, 0.1) is 12.5 Å². The van der Waals surface area contributed by atoms with Gasteiger partial charge in [0.15, 0.2) is 0 Å². The van der Waals surface area contributed by atoms with Crippen molar-refractivity contribution in [3.8, 4) is 6.07 Å². The second-order valence-electron chi connectivity index (χ2n) is 2.28. The Labute approximate surface area is 57.1 Å². The molecule has 0 bridgehead atoms. The molecule has 2 heteroatoms. The molecule has 52 valence electrons. The Kier molecular flexibility index (Phi) is 4.08. The number of nitrogens with zero attached hydrogens (tertiary/aromatic N) is 2. The number of hydrogen-bond donors (Lipinski definition) is 0. The second kappa shape index (κ2) is 4.34. The fourth-order valence-corrected chi connectivity index (χ4v) is 0.600. The van der Waals surface area contributed by atoms with Gasteiger partial charge in [-0.2, -0.15) is 5.26 Å². The minimum absolute atomic E-state index is 0.403. The first kappa shape index (κ1) is 8.45. The third-order valence-corrected chi connectivity index (χ3v) is 1.64. The van der Waals surface area contributed by atoms with Crippen LogP contribution in [0.3, 0.4) is 0 Å². The van der Waals surface area contributed by atoms with Crippen LogP contribution < -0.4 is 0 Å². The smallest absolute Gasteiger partial charge is 0.0638 e. The van der Waals surface area contributed by atoms with Crippen LogP contribution in [0, 0.1) is 11.3 Å². The van der Waals surface area contributed by atoms with Gasteiger partial charge in [0.2, 0.25) is 0 Å². The predicted molar refractivity (Wildman–Crippen MR) is 38.0 cm³/mol. The molecule has 0 amide bonds. The Bertz CT molecular complexity index is 104. The van der Waals surface area contributed by atoms with E-state index in [4.69, 9.17) is 5.26 Å². The third kappa shape index (κ3) is 3.10. The minimum Gasteiger partial charge on any atom is -0.303 e. The highest BCUT2D eigenvalue weighted by Crippen LogP contribution is 1.97. The molecular formula is C7H14N2. The van der Waals surface area contributed by atoms with E-state index in [1.165, 1.54) is 0 Å². The van der Waals surface area contributed by atoms with Crippen molar-refractivity contribution < 1.29 is 0 Å². The van der Waals surface area contributed by atoms with Gasteiger partial charge in [-0.25, -0.2) is 0 Å². The molecule has 0 heterocycles. The van der Waals surface area contributed by atoms with Crippen molar-refractivity contribution in [3.05, 3.63) is 0 Å². The molecule has 0 fully saturated rings. The Hall–Kier alpha value is -0.550. The third-order valence-electron chi connectivity index (χ3n) is 1.64. The molecule has 0 aliphatic heterocycles. The SMILES string of the molecule is CCN(C)C(C)CC#N. The second-order valence-corrected chi connectivity index (χ2v) is 2.28. The van der Waals surface area contributed by atoms with E-state index in [0.29, 0.717) is 12.5 Å². The molecule has 0 aromatic heterocycles. The van der Waals surface area contributed by atoms with Crippen molar-refractivity contribution in [2.75, 3.05) is 13.6 Å². The van der Waals surface area contributed by atoms with E-state index in [0.717, 1.165) is 6.54 Å². The topological polar surface area (TPSA) is 27.0 Å². The van der Waals surface area contributed by atoms with Crippen molar-refractivity contribution >= 4 is 0 Å². The van der Waals surface area contributed by atoms with Gasteiger partial charge in [-0.3, -0.25) is 0 Å². The molecule has 0 radical (unpaired) electrons. The average Bonchev–Trinajstić information content (AvgIpc) is 1.87. The van der Waals surface area contributed by atoms with E-state index < -0.39 is 0 Å². The number of rotatable bonds is 3. The molecule has 0 spiro atoms. The van der Waals surface area contributed by atoms with E-state index in [1.54, 1.807) is 0 Å². The zero-order valence-electron chi connectivity index (χ0n) is 6.39. The summed E-state index contributed by atoms with van der Waals surface area (Å²) in [6.07, 6.45) is 0.629. The standard InChI is InChI=1S/C7H14N2/c1-4-9(3)7(2)5-6-8/h7H,4-5H2,1-3H3. The molecular weight excluding hydrogens is 112 g/mol. The molecule has 0 aliphatic carbocycles. The van der Waals surface area contributed by atoms with Crippen LogP contribution in [0.4, 0.5) is 0 Å². The maximum Gasteiger partial charge on any atom is 0.0638 e. The molecule has 0 aliphatic rings. The maximum absolute atomic E-state index is 8.30. The first-order valence-electron chi connectivity index (χ1n) is 3.29. The van der Waals surface area contributed by atoms with Gasteiger partial charge in [0.1, 0.15) is 0 Å². The van der Waals surface area contributed by atoms with E-state index >= 15 is 0 Å². The Morgan fingerprint density at radius 1 is 1.67 bits per heavy atom. The molecule has 0 rings (SSSR count). The summed E-state index contributed by atoms with van der Waals surface area (Å²) in [6.45, 7) is 5.17. The maximum atomic E-state index is 8.30. The monoisotopic (exact) mass is 126 g/mol. The largest absolute Gasteiger partial charge is 0.303 e. The van der Waals surface area contributed by atoms with Crippen LogP contribution in [0.5, 0.6) is 0 Å². The summed E-state index contributed by atoms with van der Waals surface area (Å²) >= 11 is 0. The molecule has 2 nitrogen and oxygen atoms in total. The highest BCUT2D eigenvalue weighted by molar-refractivity contribution is 4.77. The van der Waals surface area contributed by atoms with Crippen LogP contribution in [0.2, 0.25) is 0 Å². The van der Waals surface area contributed by atoms with Crippen molar-refractivity contribution in [1.82, 2.24) is 4.90 Å². The normalized spacial score (nSPS) is 13.2. The van der Waals surface area contributed by atoms with Gasteiger partial charge in [0.25, 0.3) is 0 Å². The molecule has 1 atom stereocenters. The molecule has 0 aromatic carbocycles. The van der Waals surface area contributed by atoms with Gasteiger partial charge in [-0.05, 0) is 20.5 Å². The highest BCUT2D eigenvalue weighted by atomic mass is 15.1. The van der Waals surface area contributed by atoms with Gasteiger partial charge >= 0.3 is 0 Å². The van der Waals surface area contributed by atoms with Gasteiger partial charge in [0, 0.05) is 6.04 Å². The minimum atomic E-state index is 0.403.